The number of aliphatic hydroxyl groups excluding tert-OH is 1. The van der Waals surface area contributed by atoms with Crippen molar-refractivity contribution in [2.24, 2.45) is 22.7 Å². The number of hydrogen-bond acceptors (Lipinski definition) is 3. The first-order chi connectivity index (χ1) is 10.8. The van der Waals surface area contributed by atoms with Crippen molar-refractivity contribution in [3.05, 3.63) is 23.3 Å². The minimum absolute atomic E-state index is 0.0328. The molecule has 5 unspecified atom stereocenters. The summed E-state index contributed by atoms with van der Waals surface area (Å²) >= 11 is 0. The molecule has 23 heavy (non-hydrogen) atoms. The summed E-state index contributed by atoms with van der Waals surface area (Å²) in [5.74, 6) is 0.321. The molecule has 0 radical (unpaired) electrons. The summed E-state index contributed by atoms with van der Waals surface area (Å²) in [6.07, 6.45) is 9.43. The fourth-order valence-corrected chi connectivity index (χ4v) is 4.71. The maximum atomic E-state index is 12.1. The zero-order valence-corrected chi connectivity index (χ0v) is 14.8. The van der Waals surface area contributed by atoms with E-state index in [9.17, 15) is 14.7 Å². The van der Waals surface area contributed by atoms with Crippen molar-refractivity contribution >= 4 is 12.6 Å². The number of aldehydes is 2. The highest BCUT2D eigenvalue weighted by molar-refractivity contribution is 5.86. The Hall–Kier alpha value is -1.22. The van der Waals surface area contributed by atoms with Gasteiger partial charge in [-0.05, 0) is 63.2 Å². The molecule has 2 rings (SSSR count). The van der Waals surface area contributed by atoms with E-state index in [2.05, 4.69) is 26.8 Å². The highest BCUT2D eigenvalue weighted by Gasteiger charge is 2.60. The van der Waals surface area contributed by atoms with Gasteiger partial charge in [0, 0.05) is 5.57 Å². The van der Waals surface area contributed by atoms with Crippen molar-refractivity contribution in [3.63, 3.8) is 0 Å². The highest BCUT2D eigenvalue weighted by atomic mass is 16.3. The normalized spacial score (nSPS) is 37.5. The summed E-state index contributed by atoms with van der Waals surface area (Å²) in [6.45, 7) is 8.36. The molecule has 0 heterocycles. The molecule has 0 spiro atoms. The second-order valence-corrected chi connectivity index (χ2v) is 8.07. The van der Waals surface area contributed by atoms with Gasteiger partial charge in [-0.3, -0.25) is 4.79 Å². The molecule has 5 atom stereocenters. The van der Waals surface area contributed by atoms with E-state index < -0.39 is 11.5 Å². The molecule has 2 aliphatic rings. The molecule has 1 N–H and O–H groups in total. The summed E-state index contributed by atoms with van der Waals surface area (Å²) in [4.78, 5) is 23.7. The zero-order chi connectivity index (χ0) is 17.3. The summed E-state index contributed by atoms with van der Waals surface area (Å²) < 4.78 is 0. The maximum absolute atomic E-state index is 12.1. The lowest BCUT2D eigenvalue weighted by Crippen LogP contribution is -2.59. The third-order valence-electron chi connectivity index (χ3n) is 6.22. The first-order valence-corrected chi connectivity index (χ1v) is 8.75. The van der Waals surface area contributed by atoms with Gasteiger partial charge in [0.05, 0.1) is 11.5 Å². The van der Waals surface area contributed by atoms with Crippen LogP contribution in [0.5, 0.6) is 0 Å². The van der Waals surface area contributed by atoms with E-state index in [1.807, 2.05) is 13.0 Å². The second kappa shape index (κ2) is 6.72. The van der Waals surface area contributed by atoms with E-state index in [1.54, 1.807) is 0 Å². The monoisotopic (exact) mass is 318 g/mol. The summed E-state index contributed by atoms with van der Waals surface area (Å²) in [5, 5.41) is 11.0. The summed E-state index contributed by atoms with van der Waals surface area (Å²) in [7, 11) is 0. The Bertz CT molecular complexity index is 529. The van der Waals surface area contributed by atoms with Gasteiger partial charge in [-0.2, -0.15) is 0 Å². The van der Waals surface area contributed by atoms with Gasteiger partial charge in [0.1, 0.15) is 12.6 Å². The minimum atomic E-state index is -1.02. The van der Waals surface area contributed by atoms with Gasteiger partial charge in [-0.15, -0.1) is 0 Å². The molecular formula is C20H30O3. The first kappa shape index (κ1) is 18.1. The molecule has 3 nitrogen and oxygen atoms in total. The molecule has 1 fully saturated rings. The van der Waals surface area contributed by atoms with Crippen LogP contribution in [0.25, 0.3) is 0 Å². The van der Waals surface area contributed by atoms with E-state index in [1.165, 1.54) is 5.57 Å². The highest BCUT2D eigenvalue weighted by Crippen LogP contribution is 2.59. The molecule has 3 heteroatoms. The molecular weight excluding hydrogens is 288 g/mol. The molecule has 128 valence electrons. The Morgan fingerprint density at radius 3 is 2.70 bits per heavy atom. The van der Waals surface area contributed by atoms with Gasteiger partial charge < -0.3 is 9.90 Å². The van der Waals surface area contributed by atoms with Crippen LogP contribution in [0.3, 0.4) is 0 Å². The van der Waals surface area contributed by atoms with Crippen LogP contribution < -0.4 is 0 Å². The van der Waals surface area contributed by atoms with Crippen LogP contribution in [0.1, 0.15) is 59.8 Å². The number of rotatable bonds is 6. The van der Waals surface area contributed by atoms with E-state index in [0.29, 0.717) is 12.0 Å². The molecule has 0 aliphatic heterocycles. The average Bonchev–Trinajstić information content (AvgIpc) is 2.49. The average molecular weight is 318 g/mol. The number of fused-ring (bicyclic) bond motifs is 2. The fraction of sp³-hybridized carbons (Fsp3) is 0.700. The standard InChI is InChI=1S/C20H30O3/c1-14(2)6-5-7-15(3)17-9-11-19(4)10-8-16(12-21)20(17,13-22)18(19)23/h6,8,12-13,15,17-18,23H,5,7,9-11H2,1-4H3. The lowest BCUT2D eigenvalue weighted by atomic mass is 9.48. The SMILES string of the molecule is CC(C)=CCCC(C)C1CCC2(C)CC=C(C=O)C1(C=O)C2O. The molecule has 0 aromatic rings. The van der Waals surface area contributed by atoms with Crippen molar-refractivity contribution in [3.8, 4) is 0 Å². The molecule has 0 amide bonds. The van der Waals surface area contributed by atoms with Gasteiger partial charge in [-0.25, -0.2) is 0 Å². The molecule has 2 aliphatic carbocycles. The Labute approximate surface area is 139 Å². The van der Waals surface area contributed by atoms with Crippen molar-refractivity contribution in [2.45, 2.75) is 65.9 Å². The molecule has 0 aromatic carbocycles. The van der Waals surface area contributed by atoms with Crippen LogP contribution in [-0.2, 0) is 9.59 Å². The smallest absolute Gasteiger partial charge is 0.146 e. The fourth-order valence-electron chi connectivity index (χ4n) is 4.71. The number of allylic oxidation sites excluding steroid dienone is 3. The maximum Gasteiger partial charge on any atom is 0.146 e. The third-order valence-corrected chi connectivity index (χ3v) is 6.22. The van der Waals surface area contributed by atoms with Crippen molar-refractivity contribution in [2.75, 3.05) is 0 Å². The van der Waals surface area contributed by atoms with E-state index in [-0.39, 0.29) is 17.3 Å². The van der Waals surface area contributed by atoms with Crippen LogP contribution in [0.4, 0.5) is 0 Å². The number of aliphatic hydroxyl groups is 1. The molecule has 1 saturated carbocycles. The van der Waals surface area contributed by atoms with Gasteiger partial charge in [0.2, 0.25) is 0 Å². The largest absolute Gasteiger partial charge is 0.391 e. The topological polar surface area (TPSA) is 54.4 Å². The quantitative estimate of drug-likeness (QED) is 0.597. The van der Waals surface area contributed by atoms with E-state index in [4.69, 9.17) is 0 Å². The van der Waals surface area contributed by atoms with Gasteiger partial charge in [0.15, 0.2) is 0 Å². The Kier molecular flexibility index (Phi) is 5.30. The first-order valence-electron chi connectivity index (χ1n) is 8.75. The van der Waals surface area contributed by atoms with Crippen molar-refractivity contribution in [1.29, 1.82) is 0 Å². The second-order valence-electron chi connectivity index (χ2n) is 8.07. The van der Waals surface area contributed by atoms with Crippen LogP contribution in [0.15, 0.2) is 23.3 Å². The number of carbonyl (C=O) groups is 2. The third kappa shape index (κ3) is 2.96. The van der Waals surface area contributed by atoms with Gasteiger partial charge in [0.25, 0.3) is 0 Å². The summed E-state index contributed by atoms with van der Waals surface area (Å²) in [6, 6.07) is 0. The predicted molar refractivity (Wildman–Crippen MR) is 91.9 cm³/mol. The van der Waals surface area contributed by atoms with Crippen LogP contribution in [0, 0.1) is 22.7 Å². The Balaban J connectivity index is 2.34. The summed E-state index contributed by atoms with van der Waals surface area (Å²) in [5.41, 5.74) is 0.488. The Morgan fingerprint density at radius 2 is 2.13 bits per heavy atom. The van der Waals surface area contributed by atoms with Crippen LogP contribution in [0.2, 0.25) is 0 Å². The minimum Gasteiger partial charge on any atom is -0.391 e. The lowest BCUT2D eigenvalue weighted by Gasteiger charge is -2.56. The molecule has 0 saturated heterocycles. The zero-order valence-electron chi connectivity index (χ0n) is 14.8. The van der Waals surface area contributed by atoms with E-state index >= 15 is 0 Å². The van der Waals surface area contributed by atoms with Gasteiger partial charge in [-0.1, -0.05) is 31.6 Å². The van der Waals surface area contributed by atoms with Crippen LogP contribution >= 0.6 is 0 Å². The van der Waals surface area contributed by atoms with Crippen LogP contribution in [-0.4, -0.2) is 23.8 Å². The predicted octanol–water partition coefficient (Wildman–Crippen LogP) is 3.86. The van der Waals surface area contributed by atoms with Gasteiger partial charge >= 0.3 is 0 Å². The Morgan fingerprint density at radius 1 is 1.43 bits per heavy atom. The number of hydrogen-bond donors (Lipinski definition) is 1. The van der Waals surface area contributed by atoms with Crippen molar-refractivity contribution < 1.29 is 14.7 Å². The van der Waals surface area contributed by atoms with E-state index in [0.717, 1.165) is 38.3 Å². The van der Waals surface area contributed by atoms with Crippen molar-refractivity contribution in [1.82, 2.24) is 0 Å². The number of carbonyl (C=O) groups excluding carboxylic acids is 2. The lowest BCUT2D eigenvalue weighted by molar-refractivity contribution is -0.153. The molecule has 2 bridgehead atoms. The molecule has 0 aromatic heterocycles.